The Labute approximate surface area is 354 Å². The third-order valence-corrected chi connectivity index (χ3v) is 13.3. The Morgan fingerprint density at radius 1 is 0.344 bits per heavy atom. The van der Waals surface area contributed by atoms with Crippen molar-refractivity contribution in [3.8, 4) is 44.5 Å². The predicted molar refractivity (Wildman–Crippen MR) is 253 cm³/mol. The highest BCUT2D eigenvalue weighted by Crippen LogP contribution is 2.65. The maximum absolute atomic E-state index is 6.75. The maximum atomic E-state index is 6.75. The maximum Gasteiger partial charge on any atom is 0.143 e. The zero-order chi connectivity index (χ0) is 40.1. The summed E-state index contributed by atoms with van der Waals surface area (Å²) >= 11 is 0. The fraction of sp³-hybridized carbons (Fsp3) is 0.0169. The number of anilines is 3. The van der Waals surface area contributed by atoms with E-state index in [1.54, 1.807) is 0 Å². The van der Waals surface area contributed by atoms with Gasteiger partial charge in [0.25, 0.3) is 0 Å². The molecule has 2 aliphatic carbocycles. The first-order chi connectivity index (χ1) is 30.3. The minimum Gasteiger partial charge on any atom is -0.455 e. The molecule has 1 aromatic heterocycles. The quantitative estimate of drug-likeness (QED) is 0.173. The van der Waals surface area contributed by atoms with Gasteiger partial charge in [0.1, 0.15) is 11.2 Å². The molecule has 2 nitrogen and oxygen atoms in total. The van der Waals surface area contributed by atoms with Gasteiger partial charge in [-0.3, -0.25) is 0 Å². The van der Waals surface area contributed by atoms with Crippen molar-refractivity contribution in [1.29, 1.82) is 0 Å². The number of rotatable bonds is 5. The fourth-order valence-corrected chi connectivity index (χ4v) is 10.8. The fourth-order valence-electron chi connectivity index (χ4n) is 10.8. The van der Waals surface area contributed by atoms with E-state index >= 15 is 0 Å². The van der Waals surface area contributed by atoms with Crippen LogP contribution in [0, 0.1) is 0 Å². The van der Waals surface area contributed by atoms with Gasteiger partial charge in [-0.15, -0.1) is 0 Å². The molecule has 0 unspecified atom stereocenters. The summed E-state index contributed by atoms with van der Waals surface area (Å²) < 4.78 is 6.75. The van der Waals surface area contributed by atoms with Crippen LogP contribution in [-0.2, 0) is 5.41 Å². The summed E-state index contributed by atoms with van der Waals surface area (Å²) in [5, 5.41) is 4.52. The molecule has 0 saturated heterocycles. The average molecular weight is 776 g/mol. The Bertz CT molecular complexity index is 3490. The number of nitrogens with zero attached hydrogens (tertiary/aromatic N) is 1. The molecule has 1 spiro atoms. The minimum atomic E-state index is -0.458. The van der Waals surface area contributed by atoms with Crippen molar-refractivity contribution in [2.24, 2.45) is 0 Å². The Balaban J connectivity index is 1.11. The molecule has 11 aromatic rings. The van der Waals surface area contributed by atoms with Crippen LogP contribution in [0.1, 0.15) is 22.3 Å². The van der Waals surface area contributed by atoms with Gasteiger partial charge in [0.05, 0.1) is 16.8 Å². The van der Waals surface area contributed by atoms with Gasteiger partial charge in [0.2, 0.25) is 0 Å². The molecule has 61 heavy (non-hydrogen) atoms. The van der Waals surface area contributed by atoms with Crippen LogP contribution in [0.5, 0.6) is 0 Å². The molecule has 0 saturated carbocycles. The lowest BCUT2D eigenvalue weighted by molar-refractivity contribution is 0.673. The Hall–Kier alpha value is -7.94. The van der Waals surface area contributed by atoms with Crippen LogP contribution in [0.3, 0.4) is 0 Å². The molecule has 2 aliphatic rings. The SMILES string of the molecule is c1ccc(-c2ccc(N(c3ccccc3-c3cccc4ccc5c6ccccc6oc5c34)c3cccc4c3-c3ccccc3C43c4ccccc4-c4ccccc43)cc2)cc1. The summed E-state index contributed by atoms with van der Waals surface area (Å²) in [5.41, 5.74) is 19.7. The van der Waals surface area contributed by atoms with Crippen molar-refractivity contribution >= 4 is 49.8 Å². The van der Waals surface area contributed by atoms with Crippen molar-refractivity contribution in [2.45, 2.75) is 5.41 Å². The molecule has 0 fully saturated rings. The average Bonchev–Trinajstić information content (AvgIpc) is 3.97. The predicted octanol–water partition coefficient (Wildman–Crippen LogP) is 15.9. The van der Waals surface area contributed by atoms with Gasteiger partial charge >= 0.3 is 0 Å². The molecule has 0 bridgehead atoms. The summed E-state index contributed by atoms with van der Waals surface area (Å²) in [5.74, 6) is 0. The van der Waals surface area contributed by atoms with Crippen LogP contribution >= 0.6 is 0 Å². The van der Waals surface area contributed by atoms with Gasteiger partial charge in [-0.05, 0) is 97.4 Å². The summed E-state index contributed by atoms with van der Waals surface area (Å²) in [6.07, 6.45) is 0. The van der Waals surface area contributed by atoms with E-state index in [2.05, 4.69) is 223 Å². The van der Waals surface area contributed by atoms with Gasteiger partial charge in [-0.25, -0.2) is 0 Å². The first-order valence-electron chi connectivity index (χ1n) is 21.1. The standard InChI is InChI=1S/C59H37NO/c1-2-16-38(17-3-1)39-32-35-41(36-33-39)60(53-29-12-7-21-44(53)46-24-14-18-40-34-37-47-45-22-8-13-31-55(45)61-58(47)56(40)46)54-30-15-28-52-57(54)48-23-6-11-27-51(48)59(52)49-25-9-4-19-42(49)43-20-5-10-26-50(43)59/h1-37H. The molecular weight excluding hydrogens is 739 g/mol. The van der Waals surface area contributed by atoms with Crippen molar-refractivity contribution in [3.05, 3.63) is 247 Å². The Kier molecular flexibility index (Phi) is 7.26. The van der Waals surface area contributed by atoms with Gasteiger partial charge < -0.3 is 9.32 Å². The van der Waals surface area contributed by atoms with Crippen LogP contribution in [-0.4, -0.2) is 0 Å². The zero-order valence-corrected chi connectivity index (χ0v) is 33.2. The molecule has 0 N–H and O–H groups in total. The van der Waals surface area contributed by atoms with E-state index in [-0.39, 0.29) is 0 Å². The van der Waals surface area contributed by atoms with Crippen molar-refractivity contribution in [2.75, 3.05) is 4.90 Å². The van der Waals surface area contributed by atoms with Gasteiger partial charge in [-0.2, -0.15) is 0 Å². The normalized spacial score (nSPS) is 13.0. The monoisotopic (exact) mass is 775 g/mol. The van der Waals surface area contributed by atoms with Gasteiger partial charge in [0.15, 0.2) is 0 Å². The van der Waals surface area contributed by atoms with E-state index in [1.807, 2.05) is 6.07 Å². The van der Waals surface area contributed by atoms with Crippen LogP contribution in [0.15, 0.2) is 229 Å². The molecule has 0 amide bonds. The third-order valence-electron chi connectivity index (χ3n) is 13.3. The topological polar surface area (TPSA) is 16.4 Å². The number of hydrogen-bond donors (Lipinski definition) is 0. The number of para-hydroxylation sites is 2. The van der Waals surface area contributed by atoms with E-state index in [0.29, 0.717) is 0 Å². The van der Waals surface area contributed by atoms with Crippen molar-refractivity contribution in [3.63, 3.8) is 0 Å². The summed E-state index contributed by atoms with van der Waals surface area (Å²) in [4.78, 5) is 2.50. The smallest absolute Gasteiger partial charge is 0.143 e. The third kappa shape index (κ3) is 4.73. The lowest BCUT2D eigenvalue weighted by atomic mass is 9.70. The van der Waals surface area contributed by atoms with Crippen molar-refractivity contribution in [1.82, 2.24) is 0 Å². The van der Waals surface area contributed by atoms with Crippen LogP contribution in [0.4, 0.5) is 17.1 Å². The number of fused-ring (bicyclic) bond motifs is 15. The largest absolute Gasteiger partial charge is 0.455 e. The van der Waals surface area contributed by atoms with E-state index in [4.69, 9.17) is 4.42 Å². The lowest BCUT2D eigenvalue weighted by Gasteiger charge is -2.32. The Morgan fingerprint density at radius 3 is 1.67 bits per heavy atom. The molecule has 0 aliphatic heterocycles. The summed E-state index contributed by atoms with van der Waals surface area (Å²) in [7, 11) is 0. The van der Waals surface area contributed by atoms with Gasteiger partial charge in [-0.1, -0.05) is 188 Å². The van der Waals surface area contributed by atoms with E-state index in [1.165, 1.54) is 55.6 Å². The highest BCUT2D eigenvalue weighted by atomic mass is 16.3. The van der Waals surface area contributed by atoms with Crippen LogP contribution in [0.25, 0.3) is 77.2 Å². The van der Waals surface area contributed by atoms with Crippen molar-refractivity contribution < 1.29 is 4.42 Å². The van der Waals surface area contributed by atoms with E-state index < -0.39 is 5.41 Å². The second kappa shape index (κ2) is 13.0. The number of hydrogen-bond acceptors (Lipinski definition) is 2. The van der Waals surface area contributed by atoms with E-state index in [0.717, 1.165) is 60.9 Å². The molecule has 10 aromatic carbocycles. The number of benzene rings is 10. The zero-order valence-electron chi connectivity index (χ0n) is 33.2. The molecule has 2 heteroatoms. The molecule has 284 valence electrons. The lowest BCUT2D eigenvalue weighted by Crippen LogP contribution is -2.26. The molecule has 0 radical (unpaired) electrons. The van der Waals surface area contributed by atoms with E-state index in [9.17, 15) is 0 Å². The summed E-state index contributed by atoms with van der Waals surface area (Å²) in [6.45, 7) is 0. The molecule has 13 rings (SSSR count). The second-order valence-electron chi connectivity index (χ2n) is 16.3. The molecular formula is C59H37NO. The van der Waals surface area contributed by atoms with Gasteiger partial charge in [0, 0.05) is 33.0 Å². The highest BCUT2D eigenvalue weighted by Gasteiger charge is 2.52. The Morgan fingerprint density at radius 2 is 0.902 bits per heavy atom. The highest BCUT2D eigenvalue weighted by molar-refractivity contribution is 6.19. The second-order valence-corrected chi connectivity index (χ2v) is 16.3. The molecule has 0 atom stereocenters. The van der Waals surface area contributed by atoms with Crippen LogP contribution < -0.4 is 4.90 Å². The first-order valence-corrected chi connectivity index (χ1v) is 21.1. The number of furan rings is 1. The summed E-state index contributed by atoms with van der Waals surface area (Å²) in [6, 6.07) is 82.2. The first kappa shape index (κ1) is 34.0. The van der Waals surface area contributed by atoms with Crippen LogP contribution in [0.2, 0.25) is 0 Å². The molecule has 1 heterocycles. The minimum absolute atomic E-state index is 0.458.